The Morgan fingerprint density at radius 1 is 1.30 bits per heavy atom. The summed E-state index contributed by atoms with van der Waals surface area (Å²) in [5.74, 6) is 0.810. The van der Waals surface area contributed by atoms with E-state index in [2.05, 4.69) is 67.1 Å². The van der Waals surface area contributed by atoms with Gasteiger partial charge >= 0.3 is 0 Å². The number of hydrogen-bond donors (Lipinski definition) is 1. The predicted octanol–water partition coefficient (Wildman–Crippen LogP) is 4.44. The van der Waals surface area contributed by atoms with Crippen LogP contribution in [-0.4, -0.2) is 32.5 Å². The Hall–Kier alpha value is -2.08. The van der Waals surface area contributed by atoms with Gasteiger partial charge in [-0.05, 0) is 24.3 Å². The molecule has 0 fully saturated rings. The normalized spacial score (nSPS) is 12.6. The summed E-state index contributed by atoms with van der Waals surface area (Å²) >= 11 is 1.42. The van der Waals surface area contributed by atoms with Crippen LogP contribution in [0.5, 0.6) is 0 Å². The Morgan fingerprint density at radius 3 is 2.52 bits per heavy atom. The zero-order chi connectivity index (χ0) is 20.0. The van der Waals surface area contributed by atoms with Crippen LogP contribution in [0.4, 0.5) is 0 Å². The highest BCUT2D eigenvalue weighted by Crippen LogP contribution is 2.29. The van der Waals surface area contributed by atoms with Gasteiger partial charge in [0, 0.05) is 18.7 Å². The van der Waals surface area contributed by atoms with Gasteiger partial charge in [0.15, 0.2) is 11.0 Å². The maximum atomic E-state index is 12.2. The number of nitrogens with zero attached hydrogens (tertiary/aromatic N) is 3. The lowest BCUT2D eigenvalue weighted by Gasteiger charge is -2.19. The number of benzene rings is 1. The van der Waals surface area contributed by atoms with E-state index >= 15 is 0 Å². The Balaban J connectivity index is 2.26. The van der Waals surface area contributed by atoms with E-state index in [9.17, 15) is 4.79 Å². The molecular formula is C21H30N4OS. The molecule has 0 aliphatic rings. The lowest BCUT2D eigenvalue weighted by molar-refractivity contribution is -0.120. The van der Waals surface area contributed by atoms with Gasteiger partial charge in [0.05, 0.1) is 5.25 Å². The molecule has 0 unspecified atom stereocenters. The molecular weight excluding hydrogens is 356 g/mol. The van der Waals surface area contributed by atoms with Crippen molar-refractivity contribution < 1.29 is 4.79 Å². The molecule has 1 amide bonds. The summed E-state index contributed by atoms with van der Waals surface area (Å²) in [5.41, 5.74) is 2.39. The number of carbonyl (C=O) groups is 1. The molecule has 146 valence electrons. The molecule has 0 aliphatic carbocycles. The summed E-state index contributed by atoms with van der Waals surface area (Å²) in [6.45, 7) is 15.6. The van der Waals surface area contributed by atoms with Crippen molar-refractivity contribution in [3.8, 4) is 11.4 Å². The Labute approximate surface area is 166 Å². The van der Waals surface area contributed by atoms with E-state index in [4.69, 9.17) is 0 Å². The molecule has 2 rings (SSSR count). The Morgan fingerprint density at radius 2 is 1.96 bits per heavy atom. The van der Waals surface area contributed by atoms with Gasteiger partial charge in [-0.2, -0.15) is 0 Å². The molecule has 0 aliphatic heterocycles. The molecule has 27 heavy (non-hydrogen) atoms. The monoisotopic (exact) mass is 386 g/mol. The molecule has 1 aromatic carbocycles. The summed E-state index contributed by atoms with van der Waals surface area (Å²) in [6.07, 6.45) is 2.74. The summed E-state index contributed by atoms with van der Waals surface area (Å²) in [4.78, 5) is 12.2. The average molecular weight is 387 g/mol. The van der Waals surface area contributed by atoms with Crippen LogP contribution in [0.25, 0.3) is 11.4 Å². The van der Waals surface area contributed by atoms with Crippen LogP contribution in [0.3, 0.4) is 0 Å². The van der Waals surface area contributed by atoms with E-state index < -0.39 is 0 Å². The van der Waals surface area contributed by atoms with E-state index in [1.165, 1.54) is 17.3 Å². The number of allylic oxidation sites excluding steroid dienone is 1. The third-order valence-corrected chi connectivity index (χ3v) is 5.32. The number of aromatic nitrogens is 3. The smallest absolute Gasteiger partial charge is 0.233 e. The first-order chi connectivity index (χ1) is 12.8. The fourth-order valence-electron chi connectivity index (χ4n) is 2.61. The standard InChI is InChI=1S/C21H30N4OS/c1-7-13-22-19(26)15(3)27-20-24-23-18(25(20)14-8-2)16-9-11-17(12-10-16)21(4,5)6/h8-12,15H,2,7,13-14H2,1,3-6H3,(H,22,26)/t15-/m1/s1. The van der Waals surface area contributed by atoms with Gasteiger partial charge in [0.2, 0.25) is 5.91 Å². The molecule has 1 N–H and O–H groups in total. The summed E-state index contributed by atoms with van der Waals surface area (Å²) < 4.78 is 2.01. The maximum Gasteiger partial charge on any atom is 0.233 e. The highest BCUT2D eigenvalue weighted by atomic mass is 32.2. The van der Waals surface area contributed by atoms with Crippen LogP contribution in [0.2, 0.25) is 0 Å². The van der Waals surface area contributed by atoms with E-state index in [1.807, 2.05) is 24.5 Å². The molecule has 1 heterocycles. The molecule has 0 spiro atoms. The Bertz CT molecular complexity index is 774. The van der Waals surface area contributed by atoms with Crippen LogP contribution < -0.4 is 5.32 Å². The quantitative estimate of drug-likeness (QED) is 0.538. The minimum absolute atomic E-state index is 0.0195. The van der Waals surface area contributed by atoms with Crippen molar-refractivity contribution in [3.05, 3.63) is 42.5 Å². The van der Waals surface area contributed by atoms with Gasteiger partial charge in [-0.15, -0.1) is 16.8 Å². The van der Waals surface area contributed by atoms with E-state index in [0.717, 1.165) is 23.0 Å². The first-order valence-corrected chi connectivity index (χ1v) is 10.2. The zero-order valence-corrected chi connectivity index (χ0v) is 17.8. The third-order valence-electron chi connectivity index (χ3n) is 4.24. The average Bonchev–Trinajstić information content (AvgIpc) is 3.01. The highest BCUT2D eigenvalue weighted by molar-refractivity contribution is 8.00. The molecule has 0 saturated carbocycles. The van der Waals surface area contributed by atoms with Crippen LogP contribution in [0.15, 0.2) is 42.1 Å². The first kappa shape index (κ1) is 21.2. The summed E-state index contributed by atoms with van der Waals surface area (Å²) in [6, 6.07) is 8.43. The molecule has 5 nitrogen and oxygen atoms in total. The topological polar surface area (TPSA) is 59.8 Å². The second-order valence-electron chi connectivity index (χ2n) is 7.58. The van der Waals surface area contributed by atoms with Crippen molar-refractivity contribution in [2.45, 2.75) is 63.4 Å². The van der Waals surface area contributed by atoms with E-state index in [1.54, 1.807) is 0 Å². The molecule has 0 radical (unpaired) electrons. The van der Waals surface area contributed by atoms with Gasteiger partial charge in [-0.1, -0.05) is 69.8 Å². The van der Waals surface area contributed by atoms with E-state index in [0.29, 0.717) is 13.1 Å². The van der Waals surface area contributed by atoms with Crippen molar-refractivity contribution in [1.82, 2.24) is 20.1 Å². The fraction of sp³-hybridized carbons (Fsp3) is 0.476. The number of nitrogens with one attached hydrogen (secondary N) is 1. The van der Waals surface area contributed by atoms with Crippen molar-refractivity contribution in [3.63, 3.8) is 0 Å². The van der Waals surface area contributed by atoms with E-state index in [-0.39, 0.29) is 16.6 Å². The van der Waals surface area contributed by atoms with Crippen LogP contribution in [0.1, 0.15) is 46.6 Å². The largest absolute Gasteiger partial charge is 0.355 e. The Kier molecular flexibility index (Phi) is 7.25. The fourth-order valence-corrected chi connectivity index (χ4v) is 3.49. The number of carbonyl (C=O) groups excluding carboxylic acids is 1. The molecule has 2 aromatic rings. The third kappa shape index (κ3) is 5.45. The molecule has 1 aromatic heterocycles. The van der Waals surface area contributed by atoms with Crippen LogP contribution >= 0.6 is 11.8 Å². The molecule has 1 atom stereocenters. The number of thioether (sulfide) groups is 1. The number of hydrogen-bond acceptors (Lipinski definition) is 4. The van der Waals surface area contributed by atoms with Crippen LogP contribution in [-0.2, 0) is 16.8 Å². The van der Waals surface area contributed by atoms with Crippen molar-refractivity contribution in [1.29, 1.82) is 0 Å². The number of amides is 1. The maximum absolute atomic E-state index is 12.2. The lowest BCUT2D eigenvalue weighted by Crippen LogP contribution is -2.31. The van der Waals surface area contributed by atoms with Crippen LogP contribution in [0, 0.1) is 0 Å². The van der Waals surface area contributed by atoms with Gasteiger partial charge < -0.3 is 5.32 Å². The van der Waals surface area contributed by atoms with Crippen molar-refractivity contribution in [2.24, 2.45) is 0 Å². The van der Waals surface area contributed by atoms with Gasteiger partial charge in [0.25, 0.3) is 0 Å². The SMILES string of the molecule is C=CCn1c(S[C@H](C)C(=O)NCCC)nnc1-c1ccc(C(C)(C)C)cc1. The molecule has 0 saturated heterocycles. The number of rotatable bonds is 8. The van der Waals surface area contributed by atoms with Crippen molar-refractivity contribution >= 4 is 17.7 Å². The highest BCUT2D eigenvalue weighted by Gasteiger charge is 2.20. The van der Waals surface area contributed by atoms with Crippen molar-refractivity contribution in [2.75, 3.05) is 6.54 Å². The second kappa shape index (κ2) is 9.22. The molecule has 6 heteroatoms. The molecule has 0 bridgehead atoms. The van der Waals surface area contributed by atoms with Gasteiger partial charge in [-0.25, -0.2) is 0 Å². The van der Waals surface area contributed by atoms with Gasteiger partial charge in [-0.3, -0.25) is 9.36 Å². The second-order valence-corrected chi connectivity index (χ2v) is 8.89. The lowest BCUT2D eigenvalue weighted by atomic mass is 9.87. The zero-order valence-electron chi connectivity index (χ0n) is 17.0. The predicted molar refractivity (Wildman–Crippen MR) is 113 cm³/mol. The summed E-state index contributed by atoms with van der Waals surface area (Å²) in [7, 11) is 0. The summed E-state index contributed by atoms with van der Waals surface area (Å²) in [5, 5.41) is 12.1. The minimum Gasteiger partial charge on any atom is -0.355 e. The van der Waals surface area contributed by atoms with Gasteiger partial charge in [0.1, 0.15) is 0 Å². The first-order valence-electron chi connectivity index (χ1n) is 9.37. The minimum atomic E-state index is -0.236.